The Balaban J connectivity index is 2.94. The molecule has 0 aliphatic heterocycles. The number of hydrogen-bond donors (Lipinski definition) is 1. The van der Waals surface area contributed by atoms with Gasteiger partial charge in [0.15, 0.2) is 6.10 Å². The summed E-state index contributed by atoms with van der Waals surface area (Å²) in [5, 5.41) is 10.1. The van der Waals surface area contributed by atoms with Crippen LogP contribution in [-0.4, -0.2) is 24.3 Å². The maximum Gasteiger partial charge on any atom is 0.346 e. The first-order valence-corrected chi connectivity index (χ1v) is 5.55. The lowest BCUT2D eigenvalue weighted by atomic mass is 10.1. The van der Waals surface area contributed by atoms with Crippen molar-refractivity contribution in [2.75, 3.05) is 7.11 Å². The molecular weight excluding hydrogens is 244 g/mol. The zero-order valence-corrected chi connectivity index (χ0v) is 10.7. The van der Waals surface area contributed by atoms with Crippen molar-refractivity contribution in [1.29, 1.82) is 0 Å². The van der Waals surface area contributed by atoms with Crippen LogP contribution < -0.4 is 4.74 Å². The van der Waals surface area contributed by atoms with Crippen LogP contribution in [0, 0.1) is 0 Å². The van der Waals surface area contributed by atoms with Crippen molar-refractivity contribution in [1.82, 2.24) is 0 Å². The first-order chi connectivity index (χ1) is 7.95. The first kappa shape index (κ1) is 13.8. The van der Waals surface area contributed by atoms with E-state index in [1.165, 1.54) is 7.11 Å². The SMILES string of the molecule is COC(=O)C(C)Oc1ccc(Cl)cc1[C@@H](C)O. The second-order valence-electron chi connectivity index (χ2n) is 3.64. The number of hydrogen-bond acceptors (Lipinski definition) is 4. The van der Waals surface area contributed by atoms with Crippen LogP contribution in [0.2, 0.25) is 5.02 Å². The number of carbonyl (C=O) groups is 1. The largest absolute Gasteiger partial charge is 0.479 e. The van der Waals surface area contributed by atoms with Gasteiger partial charge in [0, 0.05) is 10.6 Å². The highest BCUT2D eigenvalue weighted by Gasteiger charge is 2.18. The fourth-order valence-electron chi connectivity index (χ4n) is 1.36. The van der Waals surface area contributed by atoms with E-state index in [0.717, 1.165) is 0 Å². The highest BCUT2D eigenvalue weighted by Crippen LogP contribution is 2.29. The van der Waals surface area contributed by atoms with E-state index in [9.17, 15) is 9.90 Å². The van der Waals surface area contributed by atoms with E-state index < -0.39 is 18.2 Å². The van der Waals surface area contributed by atoms with Gasteiger partial charge in [0.1, 0.15) is 5.75 Å². The molecule has 0 heterocycles. The van der Waals surface area contributed by atoms with Gasteiger partial charge in [-0.05, 0) is 32.0 Å². The number of aliphatic hydroxyl groups excluding tert-OH is 1. The van der Waals surface area contributed by atoms with Gasteiger partial charge >= 0.3 is 5.97 Å². The number of esters is 1. The van der Waals surface area contributed by atoms with E-state index >= 15 is 0 Å². The van der Waals surface area contributed by atoms with Crippen molar-refractivity contribution in [3.63, 3.8) is 0 Å². The minimum atomic E-state index is -0.737. The summed E-state index contributed by atoms with van der Waals surface area (Å²) in [5.74, 6) is -0.0567. The quantitative estimate of drug-likeness (QED) is 0.843. The predicted octanol–water partition coefficient (Wildman–Crippen LogP) is 2.33. The third kappa shape index (κ3) is 3.61. The Morgan fingerprint density at radius 3 is 2.59 bits per heavy atom. The minimum Gasteiger partial charge on any atom is -0.479 e. The highest BCUT2D eigenvalue weighted by molar-refractivity contribution is 6.30. The third-order valence-electron chi connectivity index (χ3n) is 2.26. The van der Waals surface area contributed by atoms with Gasteiger partial charge in [0.05, 0.1) is 13.2 Å². The molecule has 2 atom stereocenters. The average Bonchev–Trinajstić information content (AvgIpc) is 2.29. The molecule has 1 N–H and O–H groups in total. The summed E-state index contributed by atoms with van der Waals surface area (Å²) < 4.78 is 9.98. The van der Waals surface area contributed by atoms with Crippen molar-refractivity contribution >= 4 is 17.6 Å². The van der Waals surface area contributed by atoms with Crippen LogP contribution in [0.5, 0.6) is 5.75 Å². The molecule has 0 aromatic heterocycles. The van der Waals surface area contributed by atoms with Crippen molar-refractivity contribution < 1.29 is 19.4 Å². The van der Waals surface area contributed by atoms with Gasteiger partial charge < -0.3 is 14.6 Å². The lowest BCUT2D eigenvalue weighted by Crippen LogP contribution is -2.25. The number of ether oxygens (including phenoxy) is 2. The topological polar surface area (TPSA) is 55.8 Å². The molecule has 0 saturated carbocycles. The maximum absolute atomic E-state index is 11.2. The molecule has 1 rings (SSSR count). The van der Waals surface area contributed by atoms with E-state index in [0.29, 0.717) is 16.3 Å². The number of benzene rings is 1. The summed E-state index contributed by atoms with van der Waals surface area (Å²) in [5.41, 5.74) is 0.535. The standard InChI is InChI=1S/C12H15ClO4/c1-7(14)10-6-9(13)4-5-11(10)17-8(2)12(15)16-3/h4-8,14H,1-3H3/t7-,8?/m1/s1. The number of carbonyl (C=O) groups excluding carboxylic acids is 1. The van der Waals surface area contributed by atoms with Crippen LogP contribution in [0.15, 0.2) is 18.2 Å². The van der Waals surface area contributed by atoms with E-state index in [1.54, 1.807) is 32.0 Å². The summed E-state index contributed by atoms with van der Waals surface area (Å²) in [7, 11) is 1.29. The second kappa shape index (κ2) is 5.89. The van der Waals surface area contributed by atoms with Crippen LogP contribution in [0.1, 0.15) is 25.5 Å². The van der Waals surface area contributed by atoms with E-state index in [-0.39, 0.29) is 0 Å². The van der Waals surface area contributed by atoms with Gasteiger partial charge in [-0.1, -0.05) is 11.6 Å². The van der Waals surface area contributed by atoms with Crippen LogP contribution in [-0.2, 0) is 9.53 Å². The number of rotatable bonds is 4. The van der Waals surface area contributed by atoms with Crippen molar-refractivity contribution in [2.45, 2.75) is 26.1 Å². The summed E-state index contributed by atoms with van der Waals surface area (Å²) >= 11 is 5.83. The fraction of sp³-hybridized carbons (Fsp3) is 0.417. The van der Waals surface area contributed by atoms with Gasteiger partial charge in [-0.15, -0.1) is 0 Å². The van der Waals surface area contributed by atoms with Crippen LogP contribution in [0.3, 0.4) is 0 Å². The van der Waals surface area contributed by atoms with Gasteiger partial charge in [-0.2, -0.15) is 0 Å². The number of aliphatic hydroxyl groups is 1. The molecule has 0 aliphatic rings. The van der Waals surface area contributed by atoms with Crippen molar-refractivity contribution in [2.24, 2.45) is 0 Å². The number of halogens is 1. The molecule has 0 bridgehead atoms. The highest BCUT2D eigenvalue weighted by atomic mass is 35.5. The lowest BCUT2D eigenvalue weighted by molar-refractivity contribution is -0.147. The Kier molecular flexibility index (Phi) is 4.78. The summed E-state index contributed by atoms with van der Waals surface area (Å²) in [4.78, 5) is 11.2. The molecule has 0 aliphatic carbocycles. The zero-order chi connectivity index (χ0) is 13.0. The minimum absolute atomic E-state index is 0.419. The molecule has 0 fully saturated rings. The molecule has 5 heteroatoms. The molecular formula is C12H15ClO4. The Morgan fingerprint density at radius 2 is 2.06 bits per heavy atom. The normalized spacial score (nSPS) is 13.9. The first-order valence-electron chi connectivity index (χ1n) is 5.17. The summed E-state index contributed by atoms with van der Waals surface area (Å²) in [6.07, 6.45) is -1.47. The second-order valence-corrected chi connectivity index (χ2v) is 4.08. The predicted molar refractivity (Wildman–Crippen MR) is 64.2 cm³/mol. The monoisotopic (exact) mass is 258 g/mol. The van der Waals surface area contributed by atoms with E-state index in [2.05, 4.69) is 4.74 Å². The van der Waals surface area contributed by atoms with Crippen molar-refractivity contribution in [3.05, 3.63) is 28.8 Å². The molecule has 17 heavy (non-hydrogen) atoms. The Bertz CT molecular complexity index is 403. The Labute approximate surface area is 105 Å². The number of methoxy groups -OCH3 is 1. The molecule has 94 valence electrons. The molecule has 1 unspecified atom stereocenters. The summed E-state index contributed by atoms with van der Waals surface area (Å²) in [6.45, 7) is 3.17. The van der Waals surface area contributed by atoms with Gasteiger partial charge in [0.2, 0.25) is 0 Å². The van der Waals surface area contributed by atoms with Crippen molar-refractivity contribution in [3.8, 4) is 5.75 Å². The molecule has 0 radical (unpaired) electrons. The van der Waals surface area contributed by atoms with Gasteiger partial charge in [0.25, 0.3) is 0 Å². The van der Waals surface area contributed by atoms with Gasteiger partial charge in [-0.3, -0.25) is 0 Å². The Morgan fingerprint density at radius 1 is 1.41 bits per heavy atom. The fourth-order valence-corrected chi connectivity index (χ4v) is 1.54. The molecule has 0 amide bonds. The third-order valence-corrected chi connectivity index (χ3v) is 2.49. The van der Waals surface area contributed by atoms with Crippen LogP contribution in [0.4, 0.5) is 0 Å². The maximum atomic E-state index is 11.2. The molecule has 0 saturated heterocycles. The summed E-state index contributed by atoms with van der Waals surface area (Å²) in [6, 6.07) is 4.85. The van der Waals surface area contributed by atoms with E-state index in [4.69, 9.17) is 16.3 Å². The molecule has 0 spiro atoms. The van der Waals surface area contributed by atoms with Crippen LogP contribution in [0.25, 0.3) is 0 Å². The zero-order valence-electron chi connectivity index (χ0n) is 9.94. The molecule has 1 aromatic rings. The lowest BCUT2D eigenvalue weighted by Gasteiger charge is -2.17. The average molecular weight is 259 g/mol. The molecule has 4 nitrogen and oxygen atoms in total. The molecule has 1 aromatic carbocycles. The Hall–Kier alpha value is -1.26. The van der Waals surface area contributed by atoms with E-state index in [1.807, 2.05) is 0 Å². The van der Waals surface area contributed by atoms with Crippen LogP contribution >= 0.6 is 11.6 Å². The smallest absolute Gasteiger partial charge is 0.346 e. The van der Waals surface area contributed by atoms with Gasteiger partial charge in [-0.25, -0.2) is 4.79 Å².